The molecule has 86 valence electrons. The number of hydrogen-bond acceptors (Lipinski definition) is 3. The fourth-order valence-electron chi connectivity index (χ4n) is 1.79. The first-order valence-electron chi connectivity index (χ1n) is 5.32. The van der Waals surface area contributed by atoms with Crippen molar-refractivity contribution >= 4 is 0 Å². The van der Waals surface area contributed by atoms with Gasteiger partial charge in [0.1, 0.15) is 11.5 Å². The quantitative estimate of drug-likeness (QED) is 0.715. The topological polar surface area (TPSA) is 42.2 Å². The van der Waals surface area contributed by atoms with Crippen LogP contribution in [0.3, 0.4) is 0 Å². The standard InChI is InChI=1S/C13H17NO2/c1-10-12(15-2)8-7-11(13(10)16-3)6-4-5-9-14/h7-8H,4-6H2,1-3H3. The molecule has 0 aliphatic heterocycles. The minimum Gasteiger partial charge on any atom is -0.496 e. The molecule has 0 spiro atoms. The summed E-state index contributed by atoms with van der Waals surface area (Å²) in [5, 5.41) is 8.51. The van der Waals surface area contributed by atoms with Gasteiger partial charge < -0.3 is 9.47 Å². The maximum atomic E-state index is 8.51. The molecule has 1 rings (SSSR count). The van der Waals surface area contributed by atoms with E-state index in [1.165, 1.54) is 0 Å². The summed E-state index contributed by atoms with van der Waals surface area (Å²) in [7, 11) is 3.31. The van der Waals surface area contributed by atoms with Crippen LogP contribution in [-0.4, -0.2) is 14.2 Å². The predicted octanol–water partition coefficient (Wildman–Crippen LogP) is 2.86. The predicted molar refractivity (Wildman–Crippen MR) is 62.8 cm³/mol. The molecule has 0 heterocycles. The van der Waals surface area contributed by atoms with E-state index in [4.69, 9.17) is 14.7 Å². The first kappa shape index (κ1) is 12.4. The van der Waals surface area contributed by atoms with Crippen LogP contribution in [0.4, 0.5) is 0 Å². The van der Waals surface area contributed by atoms with Gasteiger partial charge in [-0.1, -0.05) is 6.07 Å². The zero-order valence-corrected chi connectivity index (χ0v) is 10.0. The molecule has 0 aliphatic carbocycles. The number of methoxy groups -OCH3 is 2. The SMILES string of the molecule is COc1ccc(CCCC#N)c(OC)c1C. The van der Waals surface area contributed by atoms with E-state index in [9.17, 15) is 0 Å². The third-order valence-corrected chi connectivity index (χ3v) is 2.60. The smallest absolute Gasteiger partial charge is 0.128 e. The van der Waals surface area contributed by atoms with Gasteiger partial charge in [0.2, 0.25) is 0 Å². The second kappa shape index (κ2) is 6.02. The highest BCUT2D eigenvalue weighted by Crippen LogP contribution is 2.31. The molecule has 16 heavy (non-hydrogen) atoms. The Balaban J connectivity index is 2.93. The molecule has 0 fully saturated rings. The summed E-state index contributed by atoms with van der Waals surface area (Å²) in [6.45, 7) is 1.98. The van der Waals surface area contributed by atoms with Crippen LogP contribution in [0.25, 0.3) is 0 Å². The molecule has 0 aliphatic rings. The molecule has 3 nitrogen and oxygen atoms in total. The number of benzene rings is 1. The van der Waals surface area contributed by atoms with Crippen molar-refractivity contribution in [3.8, 4) is 17.6 Å². The lowest BCUT2D eigenvalue weighted by Crippen LogP contribution is -1.97. The van der Waals surface area contributed by atoms with Crippen LogP contribution in [0, 0.1) is 18.3 Å². The minimum absolute atomic E-state index is 0.578. The van der Waals surface area contributed by atoms with Crippen molar-refractivity contribution < 1.29 is 9.47 Å². The van der Waals surface area contributed by atoms with Crippen molar-refractivity contribution in [3.05, 3.63) is 23.3 Å². The van der Waals surface area contributed by atoms with Gasteiger partial charge in [0.25, 0.3) is 0 Å². The highest BCUT2D eigenvalue weighted by molar-refractivity contribution is 5.49. The van der Waals surface area contributed by atoms with Crippen LogP contribution >= 0.6 is 0 Å². The van der Waals surface area contributed by atoms with Gasteiger partial charge in [0.15, 0.2) is 0 Å². The molecule has 0 saturated carbocycles. The Morgan fingerprint density at radius 2 is 2.00 bits per heavy atom. The van der Waals surface area contributed by atoms with Gasteiger partial charge in [-0.05, 0) is 31.4 Å². The number of nitriles is 1. The van der Waals surface area contributed by atoms with Crippen LogP contribution in [0.15, 0.2) is 12.1 Å². The monoisotopic (exact) mass is 219 g/mol. The molecule has 0 atom stereocenters. The first-order chi connectivity index (χ1) is 7.74. The molecule has 0 saturated heterocycles. The Bertz CT molecular complexity index is 394. The third kappa shape index (κ3) is 2.66. The van der Waals surface area contributed by atoms with E-state index >= 15 is 0 Å². The fourth-order valence-corrected chi connectivity index (χ4v) is 1.79. The van der Waals surface area contributed by atoms with Crippen molar-refractivity contribution in [1.82, 2.24) is 0 Å². The van der Waals surface area contributed by atoms with E-state index < -0.39 is 0 Å². The lowest BCUT2D eigenvalue weighted by atomic mass is 10.0. The van der Waals surface area contributed by atoms with E-state index in [2.05, 4.69) is 6.07 Å². The second-order valence-corrected chi connectivity index (χ2v) is 3.60. The molecule has 0 radical (unpaired) electrons. The molecule has 0 N–H and O–H groups in total. The van der Waals surface area contributed by atoms with E-state index in [1.54, 1.807) is 14.2 Å². The summed E-state index contributed by atoms with van der Waals surface area (Å²) in [5.41, 5.74) is 2.15. The van der Waals surface area contributed by atoms with Crippen molar-refractivity contribution in [1.29, 1.82) is 5.26 Å². The van der Waals surface area contributed by atoms with Gasteiger partial charge in [0.05, 0.1) is 20.3 Å². The Hall–Kier alpha value is -1.69. The third-order valence-electron chi connectivity index (χ3n) is 2.60. The molecule has 1 aromatic rings. The average molecular weight is 219 g/mol. The zero-order valence-electron chi connectivity index (χ0n) is 10.0. The van der Waals surface area contributed by atoms with E-state index in [1.807, 2.05) is 19.1 Å². The molecule has 3 heteroatoms. The minimum atomic E-state index is 0.578. The maximum absolute atomic E-state index is 8.51. The number of nitrogens with zero attached hydrogens (tertiary/aromatic N) is 1. The summed E-state index contributed by atoms with van der Waals surface area (Å²) >= 11 is 0. The number of ether oxygens (including phenoxy) is 2. The summed E-state index contributed by atoms with van der Waals surface area (Å²) in [4.78, 5) is 0. The van der Waals surface area contributed by atoms with Gasteiger partial charge >= 0.3 is 0 Å². The normalized spacial score (nSPS) is 9.62. The van der Waals surface area contributed by atoms with Crippen molar-refractivity contribution in [3.63, 3.8) is 0 Å². The van der Waals surface area contributed by atoms with Gasteiger partial charge in [0, 0.05) is 12.0 Å². The zero-order chi connectivity index (χ0) is 12.0. The van der Waals surface area contributed by atoms with Crippen LogP contribution in [0.5, 0.6) is 11.5 Å². The molecule has 0 aromatic heterocycles. The molecule has 1 aromatic carbocycles. The molecular weight excluding hydrogens is 202 g/mol. The molecular formula is C13H17NO2. The van der Waals surface area contributed by atoms with E-state index in [-0.39, 0.29) is 0 Å². The van der Waals surface area contributed by atoms with Crippen LogP contribution in [-0.2, 0) is 6.42 Å². The molecule has 0 unspecified atom stereocenters. The number of rotatable bonds is 5. The Kier molecular flexibility index (Phi) is 4.65. The highest BCUT2D eigenvalue weighted by atomic mass is 16.5. The van der Waals surface area contributed by atoms with Gasteiger partial charge in [-0.2, -0.15) is 5.26 Å². The maximum Gasteiger partial charge on any atom is 0.128 e. The number of hydrogen-bond donors (Lipinski definition) is 0. The lowest BCUT2D eigenvalue weighted by Gasteiger charge is -2.13. The van der Waals surface area contributed by atoms with Crippen LogP contribution < -0.4 is 9.47 Å². The summed E-state index contributed by atoms with van der Waals surface area (Å²) in [6.07, 6.45) is 2.30. The van der Waals surface area contributed by atoms with Crippen molar-refractivity contribution in [2.75, 3.05) is 14.2 Å². The summed E-state index contributed by atoms with van der Waals surface area (Å²) in [6, 6.07) is 6.09. The lowest BCUT2D eigenvalue weighted by molar-refractivity contribution is 0.385. The Morgan fingerprint density at radius 1 is 1.25 bits per heavy atom. The van der Waals surface area contributed by atoms with Crippen LogP contribution in [0.2, 0.25) is 0 Å². The number of aryl methyl sites for hydroxylation is 1. The first-order valence-corrected chi connectivity index (χ1v) is 5.32. The largest absolute Gasteiger partial charge is 0.496 e. The van der Waals surface area contributed by atoms with Crippen LogP contribution in [0.1, 0.15) is 24.0 Å². The average Bonchev–Trinajstić information content (AvgIpc) is 2.30. The van der Waals surface area contributed by atoms with Crippen molar-refractivity contribution in [2.24, 2.45) is 0 Å². The van der Waals surface area contributed by atoms with E-state index in [0.717, 1.165) is 35.5 Å². The fraction of sp³-hybridized carbons (Fsp3) is 0.462. The van der Waals surface area contributed by atoms with Crippen molar-refractivity contribution in [2.45, 2.75) is 26.2 Å². The summed E-state index contributed by atoms with van der Waals surface area (Å²) in [5.74, 6) is 1.71. The van der Waals surface area contributed by atoms with E-state index in [0.29, 0.717) is 6.42 Å². The Morgan fingerprint density at radius 3 is 2.56 bits per heavy atom. The highest BCUT2D eigenvalue weighted by Gasteiger charge is 2.10. The van der Waals surface area contributed by atoms with Gasteiger partial charge in [-0.25, -0.2) is 0 Å². The second-order valence-electron chi connectivity index (χ2n) is 3.60. The molecule has 0 amide bonds. The summed E-state index contributed by atoms with van der Waals surface area (Å²) < 4.78 is 10.6. The number of unbranched alkanes of at least 4 members (excludes halogenated alkanes) is 1. The molecule has 0 bridgehead atoms. The van der Waals surface area contributed by atoms with Gasteiger partial charge in [-0.3, -0.25) is 0 Å². The Labute approximate surface area is 96.6 Å². The van der Waals surface area contributed by atoms with Gasteiger partial charge in [-0.15, -0.1) is 0 Å².